The van der Waals surface area contributed by atoms with Crippen LogP contribution >= 0.6 is 0 Å². The average Bonchev–Trinajstić information content (AvgIpc) is 2.66. The summed E-state index contributed by atoms with van der Waals surface area (Å²) < 4.78 is 16.6. The van der Waals surface area contributed by atoms with Gasteiger partial charge in [0.25, 0.3) is 0 Å². The van der Waals surface area contributed by atoms with Gasteiger partial charge in [-0.2, -0.15) is 0 Å². The van der Waals surface area contributed by atoms with E-state index in [1.54, 1.807) is 0 Å². The van der Waals surface area contributed by atoms with Crippen molar-refractivity contribution in [3.05, 3.63) is 0 Å². The minimum absolute atomic E-state index is 0.0227. The predicted octanol–water partition coefficient (Wildman–Crippen LogP) is 0.494. The molecule has 0 N–H and O–H groups in total. The Kier molecular flexibility index (Phi) is 1.82. The van der Waals surface area contributed by atoms with Crippen molar-refractivity contribution < 1.29 is 19.0 Å². The molecular formula is C10H14O4. The summed E-state index contributed by atoms with van der Waals surface area (Å²) in [5.41, 5.74) is 0. The SMILES string of the molecule is CCOC1C2CC3CC(=O)OC1C3O2. The van der Waals surface area contributed by atoms with E-state index in [1.807, 2.05) is 6.92 Å². The minimum atomic E-state index is -0.139. The van der Waals surface area contributed by atoms with Crippen LogP contribution in [0.5, 0.6) is 0 Å². The molecule has 3 aliphatic rings. The maximum absolute atomic E-state index is 11.3. The maximum Gasteiger partial charge on any atom is 0.306 e. The van der Waals surface area contributed by atoms with E-state index < -0.39 is 0 Å². The van der Waals surface area contributed by atoms with Gasteiger partial charge >= 0.3 is 5.97 Å². The van der Waals surface area contributed by atoms with Crippen LogP contribution in [0, 0.1) is 5.92 Å². The maximum atomic E-state index is 11.3. The van der Waals surface area contributed by atoms with Crippen LogP contribution in [0.1, 0.15) is 19.8 Å². The first kappa shape index (κ1) is 8.68. The Morgan fingerprint density at radius 3 is 3.14 bits per heavy atom. The number of hydrogen-bond acceptors (Lipinski definition) is 4. The molecule has 3 fully saturated rings. The molecule has 0 radical (unpaired) electrons. The van der Waals surface area contributed by atoms with Gasteiger partial charge in [-0.15, -0.1) is 0 Å². The Labute approximate surface area is 82.5 Å². The summed E-state index contributed by atoms with van der Waals surface area (Å²) in [6, 6.07) is 0. The fourth-order valence-electron chi connectivity index (χ4n) is 2.90. The third-order valence-electron chi connectivity index (χ3n) is 3.40. The summed E-state index contributed by atoms with van der Waals surface area (Å²) in [5, 5.41) is 0. The van der Waals surface area contributed by atoms with E-state index >= 15 is 0 Å². The molecule has 78 valence electrons. The second-order valence-corrected chi connectivity index (χ2v) is 4.21. The lowest BCUT2D eigenvalue weighted by Crippen LogP contribution is -2.49. The van der Waals surface area contributed by atoms with Gasteiger partial charge in [0.15, 0.2) is 6.10 Å². The number of esters is 1. The lowest BCUT2D eigenvalue weighted by atomic mass is 9.81. The Bertz CT molecular complexity index is 265. The molecule has 0 aromatic carbocycles. The molecule has 3 heterocycles. The molecule has 0 spiro atoms. The van der Waals surface area contributed by atoms with Gasteiger partial charge in [0, 0.05) is 12.5 Å². The van der Waals surface area contributed by atoms with Gasteiger partial charge in [-0.05, 0) is 13.3 Å². The highest BCUT2D eigenvalue weighted by Gasteiger charge is 2.59. The van der Waals surface area contributed by atoms with Gasteiger partial charge in [-0.25, -0.2) is 0 Å². The molecule has 2 bridgehead atoms. The minimum Gasteiger partial charge on any atom is -0.457 e. The van der Waals surface area contributed by atoms with Gasteiger partial charge in [0.2, 0.25) is 0 Å². The van der Waals surface area contributed by atoms with E-state index in [4.69, 9.17) is 14.2 Å². The fourth-order valence-corrected chi connectivity index (χ4v) is 2.90. The van der Waals surface area contributed by atoms with Crippen molar-refractivity contribution in [2.45, 2.75) is 44.2 Å². The summed E-state index contributed by atoms with van der Waals surface area (Å²) >= 11 is 0. The molecule has 3 aliphatic heterocycles. The quantitative estimate of drug-likeness (QED) is 0.606. The number of ether oxygens (including phenoxy) is 3. The first-order valence-corrected chi connectivity index (χ1v) is 5.26. The van der Waals surface area contributed by atoms with Gasteiger partial charge in [-0.1, -0.05) is 0 Å². The summed E-state index contributed by atoms with van der Waals surface area (Å²) in [7, 11) is 0. The van der Waals surface area contributed by atoms with E-state index in [-0.39, 0.29) is 30.4 Å². The average molecular weight is 198 g/mol. The van der Waals surface area contributed by atoms with Crippen LogP contribution in [0.2, 0.25) is 0 Å². The van der Waals surface area contributed by atoms with E-state index in [1.165, 1.54) is 0 Å². The second kappa shape index (κ2) is 2.94. The normalized spacial score (nSPS) is 49.5. The zero-order valence-corrected chi connectivity index (χ0v) is 8.14. The fraction of sp³-hybridized carbons (Fsp3) is 0.900. The van der Waals surface area contributed by atoms with Crippen molar-refractivity contribution in [2.24, 2.45) is 5.92 Å². The molecule has 4 nitrogen and oxygen atoms in total. The zero-order valence-electron chi connectivity index (χ0n) is 8.14. The predicted molar refractivity (Wildman–Crippen MR) is 46.7 cm³/mol. The van der Waals surface area contributed by atoms with E-state index in [2.05, 4.69) is 0 Å². The summed E-state index contributed by atoms with van der Waals surface area (Å²) in [4.78, 5) is 11.3. The molecule has 0 amide bonds. The molecule has 3 saturated heterocycles. The number of carbonyl (C=O) groups excluding carboxylic acids is 1. The highest BCUT2D eigenvalue weighted by atomic mass is 16.6. The van der Waals surface area contributed by atoms with E-state index in [0.717, 1.165) is 6.42 Å². The van der Waals surface area contributed by atoms with Crippen LogP contribution in [0.3, 0.4) is 0 Å². The molecule has 0 aromatic heterocycles. The standard InChI is InChI=1S/C10H14O4/c1-2-12-9-6-3-5-4-7(11)14-10(9)8(5)13-6/h5-6,8-10H,2-4H2,1H3. The van der Waals surface area contributed by atoms with Crippen LogP contribution in [-0.4, -0.2) is 37.0 Å². The molecule has 5 unspecified atom stereocenters. The zero-order chi connectivity index (χ0) is 9.71. The summed E-state index contributed by atoms with van der Waals surface area (Å²) in [5.74, 6) is 0.285. The molecular weight excluding hydrogens is 184 g/mol. The smallest absolute Gasteiger partial charge is 0.306 e. The molecule has 4 heteroatoms. The van der Waals surface area contributed by atoms with Crippen molar-refractivity contribution in [1.82, 2.24) is 0 Å². The number of carbonyl (C=O) groups is 1. The van der Waals surface area contributed by atoms with Crippen LogP contribution in [0.4, 0.5) is 0 Å². The molecule has 0 aromatic rings. The summed E-state index contributed by atoms with van der Waals surface area (Å²) in [6.45, 7) is 2.60. The van der Waals surface area contributed by atoms with Crippen molar-refractivity contribution in [3.8, 4) is 0 Å². The Morgan fingerprint density at radius 2 is 2.36 bits per heavy atom. The molecule has 14 heavy (non-hydrogen) atoms. The number of hydrogen-bond donors (Lipinski definition) is 0. The van der Waals surface area contributed by atoms with Crippen molar-refractivity contribution in [2.75, 3.05) is 6.61 Å². The Hall–Kier alpha value is -0.610. The Balaban J connectivity index is 1.82. The largest absolute Gasteiger partial charge is 0.457 e. The monoisotopic (exact) mass is 198 g/mol. The van der Waals surface area contributed by atoms with E-state index in [0.29, 0.717) is 18.9 Å². The van der Waals surface area contributed by atoms with Gasteiger partial charge in [0.1, 0.15) is 12.2 Å². The van der Waals surface area contributed by atoms with Gasteiger partial charge < -0.3 is 14.2 Å². The first-order chi connectivity index (χ1) is 6.79. The lowest BCUT2D eigenvalue weighted by Gasteiger charge is -2.35. The Morgan fingerprint density at radius 1 is 1.50 bits per heavy atom. The third kappa shape index (κ3) is 1.04. The summed E-state index contributed by atoms with van der Waals surface area (Å²) in [6.07, 6.45) is 1.58. The lowest BCUT2D eigenvalue weighted by molar-refractivity contribution is -0.171. The van der Waals surface area contributed by atoms with Gasteiger partial charge in [-0.3, -0.25) is 4.79 Å². The van der Waals surface area contributed by atoms with Crippen LogP contribution in [0.15, 0.2) is 0 Å². The van der Waals surface area contributed by atoms with Crippen molar-refractivity contribution in [1.29, 1.82) is 0 Å². The van der Waals surface area contributed by atoms with E-state index in [9.17, 15) is 4.79 Å². The number of rotatable bonds is 2. The topological polar surface area (TPSA) is 44.8 Å². The first-order valence-electron chi connectivity index (χ1n) is 5.26. The highest BCUT2D eigenvalue weighted by Crippen LogP contribution is 2.46. The molecule has 3 rings (SSSR count). The van der Waals surface area contributed by atoms with Crippen molar-refractivity contribution in [3.63, 3.8) is 0 Å². The van der Waals surface area contributed by atoms with Gasteiger partial charge in [0.05, 0.1) is 12.5 Å². The second-order valence-electron chi connectivity index (χ2n) is 4.21. The van der Waals surface area contributed by atoms with Crippen molar-refractivity contribution >= 4 is 5.97 Å². The molecule has 0 saturated carbocycles. The number of fused-ring (bicyclic) bond motifs is 1. The van der Waals surface area contributed by atoms with Crippen LogP contribution in [-0.2, 0) is 19.0 Å². The van der Waals surface area contributed by atoms with Crippen LogP contribution < -0.4 is 0 Å². The third-order valence-corrected chi connectivity index (χ3v) is 3.40. The highest BCUT2D eigenvalue weighted by molar-refractivity contribution is 5.71. The molecule has 0 aliphatic carbocycles. The molecule has 5 atom stereocenters. The van der Waals surface area contributed by atoms with Crippen LogP contribution in [0.25, 0.3) is 0 Å².